The second-order valence-corrected chi connectivity index (χ2v) is 7.50. The zero-order chi connectivity index (χ0) is 18.7. The van der Waals surface area contributed by atoms with Gasteiger partial charge in [-0.15, -0.1) is 0 Å². The fourth-order valence-electron chi connectivity index (χ4n) is 3.70. The quantitative estimate of drug-likeness (QED) is 0.820. The fourth-order valence-corrected chi connectivity index (χ4v) is 3.88. The lowest BCUT2D eigenvalue weighted by molar-refractivity contribution is 0.0148. The predicted octanol–water partition coefficient (Wildman–Crippen LogP) is 4.60. The van der Waals surface area contributed by atoms with Gasteiger partial charge in [0.1, 0.15) is 0 Å². The van der Waals surface area contributed by atoms with Crippen molar-refractivity contribution in [1.82, 2.24) is 9.80 Å². The molecule has 1 aromatic carbocycles. The summed E-state index contributed by atoms with van der Waals surface area (Å²) in [5.74, 6) is -3.70. The van der Waals surface area contributed by atoms with E-state index in [1.54, 1.807) is 0 Å². The summed E-state index contributed by atoms with van der Waals surface area (Å²) in [4.78, 5) is 15.8. The van der Waals surface area contributed by atoms with E-state index < -0.39 is 30.4 Å². The van der Waals surface area contributed by atoms with Gasteiger partial charge in [-0.2, -0.15) is 0 Å². The molecule has 0 aliphatic carbocycles. The standard InChI is InChI=1S/C18H23ClF3N3O/c19-14-6-5-7-15(16(14)20)23-17(26)25-12-18(21,22)10-13(25)11-24-8-3-1-2-4-9-24/h5-7,13H,1-4,8-12H2,(H,23,26)/t13-/m0/s1. The molecule has 2 heterocycles. The summed E-state index contributed by atoms with van der Waals surface area (Å²) < 4.78 is 42.0. The monoisotopic (exact) mass is 389 g/mol. The second kappa shape index (κ2) is 8.05. The summed E-state index contributed by atoms with van der Waals surface area (Å²) in [7, 11) is 0. The highest BCUT2D eigenvalue weighted by molar-refractivity contribution is 6.31. The third kappa shape index (κ3) is 4.62. The number of hydrogen-bond donors (Lipinski definition) is 1. The molecule has 1 N–H and O–H groups in total. The summed E-state index contributed by atoms with van der Waals surface area (Å²) >= 11 is 5.71. The van der Waals surface area contributed by atoms with Gasteiger partial charge in [0.2, 0.25) is 0 Å². The number of nitrogens with zero attached hydrogens (tertiary/aromatic N) is 2. The minimum Gasteiger partial charge on any atom is -0.314 e. The van der Waals surface area contributed by atoms with Crippen LogP contribution in [0.3, 0.4) is 0 Å². The lowest BCUT2D eigenvalue weighted by atomic mass is 10.1. The summed E-state index contributed by atoms with van der Waals surface area (Å²) in [6.07, 6.45) is 4.02. The van der Waals surface area contributed by atoms with Crippen molar-refractivity contribution < 1.29 is 18.0 Å². The molecule has 3 rings (SSSR count). The molecule has 4 nitrogen and oxygen atoms in total. The Morgan fingerprint density at radius 3 is 2.62 bits per heavy atom. The van der Waals surface area contributed by atoms with Crippen molar-refractivity contribution >= 4 is 23.3 Å². The van der Waals surface area contributed by atoms with Gasteiger partial charge in [0, 0.05) is 13.0 Å². The van der Waals surface area contributed by atoms with Gasteiger partial charge in [-0.1, -0.05) is 30.5 Å². The van der Waals surface area contributed by atoms with E-state index >= 15 is 0 Å². The predicted molar refractivity (Wildman–Crippen MR) is 95.4 cm³/mol. The first-order valence-corrected chi connectivity index (χ1v) is 9.35. The minimum absolute atomic E-state index is 0.105. The van der Waals surface area contributed by atoms with Gasteiger partial charge >= 0.3 is 6.03 Å². The van der Waals surface area contributed by atoms with Crippen molar-refractivity contribution in [1.29, 1.82) is 0 Å². The molecule has 2 aliphatic heterocycles. The van der Waals surface area contributed by atoms with Crippen molar-refractivity contribution in [2.24, 2.45) is 0 Å². The maximum atomic E-state index is 14.0. The minimum atomic E-state index is -2.93. The lowest BCUT2D eigenvalue weighted by Crippen LogP contribution is -2.45. The van der Waals surface area contributed by atoms with Crippen LogP contribution in [0.25, 0.3) is 0 Å². The van der Waals surface area contributed by atoms with Gasteiger partial charge in [-0.05, 0) is 38.1 Å². The van der Waals surface area contributed by atoms with Gasteiger partial charge < -0.3 is 15.1 Å². The number of amides is 2. The number of rotatable bonds is 3. The number of likely N-dealkylation sites (tertiary alicyclic amines) is 2. The number of carbonyl (C=O) groups is 1. The summed E-state index contributed by atoms with van der Waals surface area (Å²) in [6, 6.07) is 2.90. The Bertz CT molecular complexity index is 651. The molecule has 8 heteroatoms. The van der Waals surface area contributed by atoms with Crippen LogP contribution in [0.4, 0.5) is 23.7 Å². The molecule has 1 atom stereocenters. The van der Waals surface area contributed by atoms with Crippen LogP contribution in [0.1, 0.15) is 32.1 Å². The molecule has 0 saturated carbocycles. The smallest absolute Gasteiger partial charge is 0.314 e. The van der Waals surface area contributed by atoms with Crippen LogP contribution >= 0.6 is 11.6 Å². The molecule has 1 aromatic rings. The first-order valence-electron chi connectivity index (χ1n) is 8.97. The molecule has 0 unspecified atom stereocenters. The summed E-state index contributed by atoms with van der Waals surface area (Å²) in [6.45, 7) is 1.49. The van der Waals surface area contributed by atoms with Gasteiger partial charge in [-0.3, -0.25) is 0 Å². The maximum Gasteiger partial charge on any atom is 0.322 e. The highest BCUT2D eigenvalue weighted by Gasteiger charge is 2.47. The molecule has 2 aliphatic rings. The van der Waals surface area contributed by atoms with Crippen molar-refractivity contribution in [3.63, 3.8) is 0 Å². The molecular weight excluding hydrogens is 367 g/mol. The average Bonchev–Trinajstić information content (AvgIpc) is 2.75. The van der Waals surface area contributed by atoms with Crippen LogP contribution in [-0.4, -0.2) is 54.0 Å². The Morgan fingerprint density at radius 1 is 1.23 bits per heavy atom. The van der Waals surface area contributed by atoms with E-state index in [-0.39, 0.29) is 17.1 Å². The van der Waals surface area contributed by atoms with E-state index in [0.29, 0.717) is 6.54 Å². The molecule has 144 valence electrons. The Hall–Kier alpha value is -1.47. The Balaban J connectivity index is 1.70. The van der Waals surface area contributed by atoms with Crippen molar-refractivity contribution in [3.8, 4) is 0 Å². The molecule has 0 radical (unpaired) electrons. The zero-order valence-corrected chi connectivity index (χ0v) is 15.2. The highest BCUT2D eigenvalue weighted by atomic mass is 35.5. The average molecular weight is 390 g/mol. The Kier molecular flexibility index (Phi) is 5.97. The van der Waals surface area contributed by atoms with Crippen molar-refractivity contribution in [3.05, 3.63) is 29.0 Å². The van der Waals surface area contributed by atoms with Crippen LogP contribution in [0, 0.1) is 5.82 Å². The van der Waals surface area contributed by atoms with Crippen LogP contribution in [0.2, 0.25) is 5.02 Å². The number of benzene rings is 1. The molecule has 2 saturated heterocycles. The molecule has 0 aromatic heterocycles. The normalized spacial score (nSPS) is 23.7. The third-order valence-corrected chi connectivity index (χ3v) is 5.29. The maximum absolute atomic E-state index is 14.0. The molecule has 0 spiro atoms. The van der Waals surface area contributed by atoms with E-state index in [1.807, 2.05) is 0 Å². The number of halogens is 4. The number of carbonyl (C=O) groups excluding carboxylic acids is 1. The fraction of sp³-hybridized carbons (Fsp3) is 0.611. The van der Waals surface area contributed by atoms with Crippen LogP contribution in [-0.2, 0) is 0 Å². The number of urea groups is 1. The third-order valence-electron chi connectivity index (χ3n) is 5.00. The lowest BCUT2D eigenvalue weighted by Gasteiger charge is -2.29. The number of hydrogen-bond acceptors (Lipinski definition) is 2. The van der Waals surface area contributed by atoms with Gasteiger partial charge in [-0.25, -0.2) is 18.0 Å². The molecule has 2 fully saturated rings. The Morgan fingerprint density at radius 2 is 1.92 bits per heavy atom. The number of anilines is 1. The molecule has 26 heavy (non-hydrogen) atoms. The summed E-state index contributed by atoms with van der Waals surface area (Å²) in [5, 5.41) is 2.26. The second-order valence-electron chi connectivity index (χ2n) is 7.09. The van der Waals surface area contributed by atoms with E-state index in [4.69, 9.17) is 11.6 Å². The van der Waals surface area contributed by atoms with E-state index in [9.17, 15) is 18.0 Å². The largest absolute Gasteiger partial charge is 0.322 e. The van der Waals surface area contributed by atoms with Crippen molar-refractivity contribution in [2.45, 2.75) is 44.1 Å². The van der Waals surface area contributed by atoms with Crippen LogP contribution in [0.5, 0.6) is 0 Å². The summed E-state index contributed by atoms with van der Waals surface area (Å²) in [5.41, 5.74) is -0.105. The number of nitrogens with one attached hydrogen (secondary N) is 1. The topological polar surface area (TPSA) is 35.6 Å². The molecular formula is C18H23ClF3N3O. The molecule has 0 bridgehead atoms. The van der Waals surface area contributed by atoms with Crippen LogP contribution < -0.4 is 5.32 Å². The highest BCUT2D eigenvalue weighted by Crippen LogP contribution is 2.33. The van der Waals surface area contributed by atoms with Crippen molar-refractivity contribution in [2.75, 3.05) is 31.5 Å². The van der Waals surface area contributed by atoms with Gasteiger partial charge in [0.15, 0.2) is 5.82 Å². The van der Waals surface area contributed by atoms with E-state index in [1.165, 1.54) is 18.2 Å². The first-order chi connectivity index (χ1) is 12.4. The van der Waals surface area contributed by atoms with Crippen LogP contribution in [0.15, 0.2) is 18.2 Å². The van der Waals surface area contributed by atoms with E-state index in [2.05, 4.69) is 10.2 Å². The van der Waals surface area contributed by atoms with E-state index in [0.717, 1.165) is 43.7 Å². The first kappa shape index (κ1) is 19.3. The zero-order valence-electron chi connectivity index (χ0n) is 14.5. The Labute approximate surface area is 156 Å². The molecule has 2 amide bonds. The van der Waals surface area contributed by atoms with Gasteiger partial charge in [0.05, 0.1) is 23.3 Å². The number of alkyl halides is 2. The van der Waals surface area contributed by atoms with Gasteiger partial charge in [0.25, 0.3) is 5.92 Å². The SMILES string of the molecule is O=C(Nc1cccc(Cl)c1F)N1CC(F)(F)C[C@H]1CN1CCCCCC1.